The Kier molecular flexibility index (Phi) is 3.40. The van der Waals surface area contributed by atoms with Crippen LogP contribution in [-0.2, 0) is 0 Å². The standard InChI is InChI=1S/C14H7ClN2/c15-13-6-3-11(4-7-13)5-8-14-12(10-16)2-1-9-17-14/h1-4,6-7,9H. The minimum absolute atomic E-state index is 0.481. The average molecular weight is 239 g/mol. The van der Waals surface area contributed by atoms with Gasteiger partial charge in [0.2, 0.25) is 0 Å². The summed E-state index contributed by atoms with van der Waals surface area (Å²) in [6.07, 6.45) is 1.62. The average Bonchev–Trinajstić information content (AvgIpc) is 2.38. The molecule has 0 amide bonds. The fourth-order valence-corrected chi connectivity index (χ4v) is 1.39. The van der Waals surface area contributed by atoms with E-state index in [1.807, 2.05) is 12.1 Å². The summed E-state index contributed by atoms with van der Waals surface area (Å²) in [4.78, 5) is 4.06. The minimum atomic E-state index is 0.481. The molecule has 1 aromatic carbocycles. The van der Waals surface area contributed by atoms with Crippen LogP contribution in [0, 0.1) is 23.2 Å². The molecule has 0 aliphatic heterocycles. The zero-order valence-electron chi connectivity index (χ0n) is 8.81. The quantitative estimate of drug-likeness (QED) is 0.662. The van der Waals surface area contributed by atoms with Crippen LogP contribution in [0.5, 0.6) is 0 Å². The first-order valence-electron chi connectivity index (χ1n) is 4.92. The van der Waals surface area contributed by atoms with E-state index in [-0.39, 0.29) is 0 Å². The lowest BCUT2D eigenvalue weighted by Gasteiger charge is -1.92. The number of hydrogen-bond acceptors (Lipinski definition) is 2. The number of halogens is 1. The first-order valence-corrected chi connectivity index (χ1v) is 5.30. The largest absolute Gasteiger partial charge is 0.246 e. The van der Waals surface area contributed by atoms with Gasteiger partial charge in [-0.25, -0.2) is 4.98 Å². The Labute approximate surface area is 104 Å². The molecule has 0 saturated heterocycles. The second-order valence-corrected chi connectivity index (χ2v) is 3.70. The number of nitriles is 1. The topological polar surface area (TPSA) is 36.7 Å². The van der Waals surface area contributed by atoms with E-state index in [1.165, 1.54) is 0 Å². The molecule has 1 aromatic heterocycles. The first kappa shape index (κ1) is 11.2. The normalized spacial score (nSPS) is 8.94. The molecule has 0 N–H and O–H groups in total. The summed E-state index contributed by atoms with van der Waals surface area (Å²) < 4.78 is 0. The van der Waals surface area contributed by atoms with Crippen LogP contribution in [0.2, 0.25) is 5.02 Å². The monoisotopic (exact) mass is 238 g/mol. The van der Waals surface area contributed by atoms with Gasteiger partial charge in [0, 0.05) is 16.8 Å². The van der Waals surface area contributed by atoms with Crippen molar-refractivity contribution in [2.45, 2.75) is 0 Å². The van der Waals surface area contributed by atoms with Crippen LogP contribution in [0.3, 0.4) is 0 Å². The minimum Gasteiger partial charge on any atom is -0.246 e. The molecule has 0 unspecified atom stereocenters. The second kappa shape index (κ2) is 5.16. The van der Waals surface area contributed by atoms with E-state index >= 15 is 0 Å². The van der Waals surface area contributed by atoms with Crippen molar-refractivity contribution in [3.8, 4) is 17.9 Å². The van der Waals surface area contributed by atoms with Crippen molar-refractivity contribution < 1.29 is 0 Å². The van der Waals surface area contributed by atoms with E-state index in [9.17, 15) is 0 Å². The van der Waals surface area contributed by atoms with Crippen LogP contribution in [0.1, 0.15) is 16.8 Å². The van der Waals surface area contributed by atoms with Gasteiger partial charge in [0.05, 0.1) is 5.56 Å². The molecule has 0 aliphatic rings. The molecule has 2 rings (SSSR count). The number of benzene rings is 1. The summed E-state index contributed by atoms with van der Waals surface area (Å²) in [5.74, 6) is 5.81. The van der Waals surface area contributed by atoms with E-state index in [4.69, 9.17) is 16.9 Å². The molecule has 0 aliphatic carbocycles. The Morgan fingerprint density at radius 1 is 1.06 bits per heavy atom. The van der Waals surface area contributed by atoms with Crippen LogP contribution in [0.15, 0.2) is 42.6 Å². The van der Waals surface area contributed by atoms with Gasteiger partial charge in [0.25, 0.3) is 0 Å². The maximum atomic E-state index is 8.88. The van der Waals surface area contributed by atoms with E-state index < -0.39 is 0 Å². The highest BCUT2D eigenvalue weighted by molar-refractivity contribution is 6.30. The molecule has 0 spiro atoms. The Morgan fingerprint density at radius 2 is 1.82 bits per heavy atom. The number of rotatable bonds is 0. The summed E-state index contributed by atoms with van der Waals surface area (Å²) >= 11 is 5.77. The molecule has 0 saturated carbocycles. The Bertz CT molecular complexity index is 628. The van der Waals surface area contributed by atoms with Gasteiger partial charge >= 0.3 is 0 Å². The first-order chi connectivity index (χ1) is 8.29. The zero-order valence-corrected chi connectivity index (χ0v) is 9.57. The van der Waals surface area contributed by atoms with Gasteiger partial charge in [0.15, 0.2) is 0 Å². The Morgan fingerprint density at radius 3 is 2.53 bits per heavy atom. The van der Waals surface area contributed by atoms with Crippen molar-refractivity contribution in [2.24, 2.45) is 0 Å². The van der Waals surface area contributed by atoms with Crippen LogP contribution < -0.4 is 0 Å². The van der Waals surface area contributed by atoms with Crippen LogP contribution in [-0.4, -0.2) is 4.98 Å². The Hall–Kier alpha value is -2.29. The highest BCUT2D eigenvalue weighted by atomic mass is 35.5. The van der Waals surface area contributed by atoms with Gasteiger partial charge in [-0.1, -0.05) is 17.5 Å². The van der Waals surface area contributed by atoms with Crippen molar-refractivity contribution in [1.82, 2.24) is 4.98 Å². The molecule has 3 heteroatoms. The molecule has 0 radical (unpaired) electrons. The predicted octanol–water partition coefficient (Wildman–Crippen LogP) is 3.01. The van der Waals surface area contributed by atoms with Crippen LogP contribution >= 0.6 is 11.6 Å². The third-order valence-corrected chi connectivity index (χ3v) is 2.35. The molecule has 17 heavy (non-hydrogen) atoms. The van der Waals surface area contributed by atoms with Gasteiger partial charge < -0.3 is 0 Å². The summed E-state index contributed by atoms with van der Waals surface area (Å²) in [5.41, 5.74) is 1.81. The molecule has 2 nitrogen and oxygen atoms in total. The zero-order chi connectivity index (χ0) is 12.1. The maximum absolute atomic E-state index is 8.88. The number of hydrogen-bond donors (Lipinski definition) is 0. The smallest absolute Gasteiger partial charge is 0.131 e. The molecular formula is C14H7ClN2. The molecular weight excluding hydrogens is 232 g/mol. The van der Waals surface area contributed by atoms with Gasteiger partial charge in [-0.05, 0) is 42.3 Å². The van der Waals surface area contributed by atoms with E-state index in [0.717, 1.165) is 5.56 Å². The maximum Gasteiger partial charge on any atom is 0.131 e. The van der Waals surface area contributed by atoms with E-state index in [2.05, 4.69) is 22.9 Å². The summed E-state index contributed by atoms with van der Waals surface area (Å²) in [7, 11) is 0. The lowest BCUT2D eigenvalue weighted by atomic mass is 10.2. The Balaban J connectivity index is 2.33. The SMILES string of the molecule is N#Cc1cccnc1C#Cc1ccc(Cl)cc1. The molecule has 1 heterocycles. The molecule has 2 aromatic rings. The molecule has 0 atom stereocenters. The third kappa shape index (κ3) is 2.84. The molecule has 0 fully saturated rings. The fraction of sp³-hybridized carbons (Fsp3) is 0. The van der Waals surface area contributed by atoms with Crippen molar-refractivity contribution in [3.05, 3.63) is 64.4 Å². The predicted molar refractivity (Wildman–Crippen MR) is 66.4 cm³/mol. The third-order valence-electron chi connectivity index (χ3n) is 2.10. The summed E-state index contributed by atoms with van der Waals surface area (Å²) in [6.45, 7) is 0. The van der Waals surface area contributed by atoms with Crippen molar-refractivity contribution in [1.29, 1.82) is 5.26 Å². The lowest BCUT2D eigenvalue weighted by molar-refractivity contribution is 1.26. The van der Waals surface area contributed by atoms with Gasteiger partial charge in [-0.3, -0.25) is 0 Å². The highest BCUT2D eigenvalue weighted by Crippen LogP contribution is 2.09. The van der Waals surface area contributed by atoms with Crippen molar-refractivity contribution in [3.63, 3.8) is 0 Å². The van der Waals surface area contributed by atoms with Crippen LogP contribution in [0.25, 0.3) is 0 Å². The number of nitrogens with zero attached hydrogens (tertiary/aromatic N) is 2. The van der Waals surface area contributed by atoms with Gasteiger partial charge in [-0.15, -0.1) is 0 Å². The van der Waals surface area contributed by atoms with Gasteiger partial charge in [0.1, 0.15) is 11.8 Å². The van der Waals surface area contributed by atoms with Crippen molar-refractivity contribution in [2.75, 3.05) is 0 Å². The fourth-order valence-electron chi connectivity index (χ4n) is 1.26. The highest BCUT2D eigenvalue weighted by Gasteiger charge is 1.97. The molecule has 0 bridgehead atoms. The van der Waals surface area contributed by atoms with Crippen LogP contribution in [0.4, 0.5) is 0 Å². The summed E-state index contributed by atoms with van der Waals surface area (Å²) in [6, 6.07) is 12.7. The lowest BCUT2D eigenvalue weighted by Crippen LogP contribution is -1.87. The molecule has 80 valence electrons. The van der Waals surface area contributed by atoms with E-state index in [1.54, 1.807) is 30.5 Å². The van der Waals surface area contributed by atoms with Crippen molar-refractivity contribution >= 4 is 11.6 Å². The van der Waals surface area contributed by atoms with Gasteiger partial charge in [-0.2, -0.15) is 5.26 Å². The number of pyridine rings is 1. The number of aromatic nitrogens is 1. The van der Waals surface area contributed by atoms with E-state index in [0.29, 0.717) is 16.3 Å². The summed E-state index contributed by atoms with van der Waals surface area (Å²) in [5, 5.41) is 9.55. The second-order valence-electron chi connectivity index (χ2n) is 3.27.